The summed E-state index contributed by atoms with van der Waals surface area (Å²) in [5.74, 6) is -0.106. The van der Waals surface area contributed by atoms with Crippen molar-refractivity contribution in [1.29, 1.82) is 0 Å². The minimum Gasteiger partial charge on any atom is -0.391 e. The fraction of sp³-hybridized carbons (Fsp3) is 0.500. The Balaban J connectivity index is 2.21. The van der Waals surface area contributed by atoms with Gasteiger partial charge in [0.05, 0.1) is 10.5 Å². The highest BCUT2D eigenvalue weighted by Crippen LogP contribution is 2.28. The molecule has 5 heteroatoms. The monoisotopic (exact) mass is 368 g/mol. The number of halogens is 1. The molecule has 1 aliphatic rings. The van der Waals surface area contributed by atoms with Crippen LogP contribution < -0.4 is 11.1 Å². The number of hydrogen-bond donors (Lipinski definition) is 2. The lowest BCUT2D eigenvalue weighted by molar-refractivity contribution is 0.0917. The molecule has 0 atom stereocenters. The Hall–Kier alpha value is -0.940. The van der Waals surface area contributed by atoms with Gasteiger partial charge in [-0.2, -0.15) is 0 Å². The standard InChI is InChI=1S/C16H21BrN2OS/c1-11-6-7-12(10-13(11)17)14(20)19-16(15(18)21)8-4-2-3-5-9-16/h6-7,10H,2-5,8-9H2,1H3,(H2,18,21)(H,19,20). The second-order valence-electron chi connectivity index (χ2n) is 5.78. The summed E-state index contributed by atoms with van der Waals surface area (Å²) in [6, 6.07) is 5.60. The molecule has 0 spiro atoms. The van der Waals surface area contributed by atoms with Gasteiger partial charge in [-0.3, -0.25) is 4.79 Å². The summed E-state index contributed by atoms with van der Waals surface area (Å²) in [4.78, 5) is 13.0. The van der Waals surface area contributed by atoms with E-state index in [4.69, 9.17) is 18.0 Å². The van der Waals surface area contributed by atoms with Crippen LogP contribution in [0.25, 0.3) is 0 Å². The smallest absolute Gasteiger partial charge is 0.252 e. The van der Waals surface area contributed by atoms with Gasteiger partial charge in [0.1, 0.15) is 0 Å². The van der Waals surface area contributed by atoms with Gasteiger partial charge in [0.25, 0.3) is 5.91 Å². The lowest BCUT2D eigenvalue weighted by Gasteiger charge is -2.33. The van der Waals surface area contributed by atoms with Crippen molar-refractivity contribution in [2.45, 2.75) is 51.0 Å². The predicted molar refractivity (Wildman–Crippen MR) is 93.6 cm³/mol. The largest absolute Gasteiger partial charge is 0.391 e. The van der Waals surface area contributed by atoms with Crippen LogP contribution in [0.15, 0.2) is 22.7 Å². The van der Waals surface area contributed by atoms with E-state index in [0.29, 0.717) is 10.6 Å². The molecule has 0 heterocycles. The van der Waals surface area contributed by atoms with Crippen LogP contribution in [0.4, 0.5) is 0 Å². The first-order chi connectivity index (χ1) is 9.94. The van der Waals surface area contributed by atoms with Crippen molar-refractivity contribution in [1.82, 2.24) is 5.32 Å². The molecule has 1 aromatic rings. The van der Waals surface area contributed by atoms with E-state index >= 15 is 0 Å². The average Bonchev–Trinajstić information content (AvgIpc) is 2.68. The number of rotatable bonds is 3. The Morgan fingerprint density at radius 2 is 1.90 bits per heavy atom. The van der Waals surface area contributed by atoms with Gasteiger partial charge in [0.2, 0.25) is 0 Å². The zero-order valence-electron chi connectivity index (χ0n) is 12.2. The molecular weight excluding hydrogens is 348 g/mol. The summed E-state index contributed by atoms with van der Waals surface area (Å²) in [5.41, 5.74) is 7.17. The highest BCUT2D eigenvalue weighted by Gasteiger charge is 2.35. The van der Waals surface area contributed by atoms with Gasteiger partial charge < -0.3 is 11.1 Å². The van der Waals surface area contributed by atoms with Crippen molar-refractivity contribution in [2.24, 2.45) is 5.73 Å². The number of benzene rings is 1. The highest BCUT2D eigenvalue weighted by molar-refractivity contribution is 9.10. The van der Waals surface area contributed by atoms with Crippen molar-refractivity contribution in [2.75, 3.05) is 0 Å². The number of thiocarbonyl (C=S) groups is 1. The number of hydrogen-bond acceptors (Lipinski definition) is 2. The van der Waals surface area contributed by atoms with Crippen molar-refractivity contribution in [3.63, 3.8) is 0 Å². The van der Waals surface area contributed by atoms with E-state index in [-0.39, 0.29) is 5.91 Å². The molecule has 3 nitrogen and oxygen atoms in total. The predicted octanol–water partition coefficient (Wildman–Crippen LogP) is 3.87. The van der Waals surface area contributed by atoms with Crippen LogP contribution in [-0.4, -0.2) is 16.4 Å². The molecule has 1 amide bonds. The van der Waals surface area contributed by atoms with Crippen LogP contribution in [0.2, 0.25) is 0 Å². The van der Waals surface area contributed by atoms with Crippen LogP contribution in [0.5, 0.6) is 0 Å². The second-order valence-corrected chi connectivity index (χ2v) is 7.07. The van der Waals surface area contributed by atoms with E-state index < -0.39 is 5.54 Å². The Kier molecular flexibility index (Phi) is 5.38. The van der Waals surface area contributed by atoms with Crippen LogP contribution in [0, 0.1) is 6.92 Å². The third kappa shape index (κ3) is 3.83. The lowest BCUT2D eigenvalue weighted by atomic mass is 9.89. The summed E-state index contributed by atoms with van der Waals surface area (Å²) < 4.78 is 0.931. The van der Waals surface area contributed by atoms with Gasteiger partial charge in [-0.25, -0.2) is 0 Å². The quantitative estimate of drug-likeness (QED) is 0.628. The van der Waals surface area contributed by atoms with Crippen molar-refractivity contribution in [3.05, 3.63) is 33.8 Å². The Labute approximate surface area is 139 Å². The highest BCUT2D eigenvalue weighted by atomic mass is 79.9. The normalized spacial score (nSPS) is 17.8. The van der Waals surface area contributed by atoms with Gasteiger partial charge in [0.15, 0.2) is 0 Å². The molecule has 21 heavy (non-hydrogen) atoms. The fourth-order valence-electron chi connectivity index (χ4n) is 2.79. The SMILES string of the molecule is Cc1ccc(C(=O)NC2(C(N)=S)CCCCCC2)cc1Br. The summed E-state index contributed by atoms with van der Waals surface area (Å²) >= 11 is 8.72. The van der Waals surface area contributed by atoms with Gasteiger partial charge in [-0.1, -0.05) is 59.9 Å². The van der Waals surface area contributed by atoms with Crippen LogP contribution in [-0.2, 0) is 0 Å². The number of carbonyl (C=O) groups excluding carboxylic acids is 1. The summed E-state index contributed by atoms with van der Waals surface area (Å²) in [5, 5.41) is 3.11. The third-order valence-corrected chi connectivity index (χ3v) is 5.46. The number of amides is 1. The van der Waals surface area contributed by atoms with E-state index in [1.165, 1.54) is 12.8 Å². The van der Waals surface area contributed by atoms with E-state index in [1.807, 2.05) is 25.1 Å². The van der Waals surface area contributed by atoms with Crippen LogP contribution in [0.1, 0.15) is 54.4 Å². The minimum absolute atomic E-state index is 0.106. The minimum atomic E-state index is -0.528. The summed E-state index contributed by atoms with van der Waals surface area (Å²) in [6.45, 7) is 1.99. The van der Waals surface area contributed by atoms with Crippen LogP contribution in [0.3, 0.4) is 0 Å². The van der Waals surface area contributed by atoms with Crippen molar-refractivity contribution >= 4 is 39.0 Å². The van der Waals surface area contributed by atoms with E-state index in [1.54, 1.807) is 0 Å². The maximum atomic E-state index is 12.6. The molecule has 1 aliphatic carbocycles. The molecule has 2 rings (SSSR count). The molecule has 1 fully saturated rings. The lowest BCUT2D eigenvalue weighted by Crippen LogP contribution is -2.56. The molecule has 3 N–H and O–H groups in total. The zero-order chi connectivity index (χ0) is 15.5. The molecule has 1 aromatic carbocycles. The molecule has 0 saturated heterocycles. The number of aryl methyl sites for hydroxylation is 1. The van der Waals surface area contributed by atoms with Gasteiger partial charge in [-0.15, -0.1) is 0 Å². The molecule has 114 valence electrons. The number of carbonyl (C=O) groups is 1. The van der Waals surface area contributed by atoms with Crippen molar-refractivity contribution < 1.29 is 4.79 Å². The molecule has 0 radical (unpaired) electrons. The zero-order valence-corrected chi connectivity index (χ0v) is 14.6. The topological polar surface area (TPSA) is 55.1 Å². The average molecular weight is 369 g/mol. The first-order valence-corrected chi connectivity index (χ1v) is 8.53. The first-order valence-electron chi connectivity index (χ1n) is 7.33. The van der Waals surface area contributed by atoms with Gasteiger partial charge in [-0.05, 0) is 37.5 Å². The van der Waals surface area contributed by atoms with E-state index in [0.717, 1.165) is 35.7 Å². The van der Waals surface area contributed by atoms with Crippen LogP contribution >= 0.6 is 28.1 Å². The molecule has 1 saturated carbocycles. The molecule has 0 aliphatic heterocycles. The number of nitrogens with two attached hydrogens (primary N) is 1. The molecule has 0 bridgehead atoms. The van der Waals surface area contributed by atoms with E-state index in [9.17, 15) is 4.79 Å². The third-order valence-electron chi connectivity index (χ3n) is 4.22. The fourth-order valence-corrected chi connectivity index (χ4v) is 3.42. The second kappa shape index (κ2) is 6.88. The Morgan fingerprint density at radius 1 is 1.29 bits per heavy atom. The number of nitrogens with one attached hydrogen (secondary N) is 1. The van der Waals surface area contributed by atoms with Gasteiger partial charge >= 0.3 is 0 Å². The molecule has 0 aromatic heterocycles. The molecular formula is C16H21BrN2OS. The Morgan fingerprint density at radius 3 is 2.43 bits per heavy atom. The Bertz CT molecular complexity index is 551. The molecule has 0 unspecified atom stereocenters. The van der Waals surface area contributed by atoms with Gasteiger partial charge in [0, 0.05) is 10.0 Å². The maximum Gasteiger partial charge on any atom is 0.252 e. The summed E-state index contributed by atoms with van der Waals surface area (Å²) in [7, 11) is 0. The summed E-state index contributed by atoms with van der Waals surface area (Å²) in [6.07, 6.45) is 6.12. The first kappa shape index (κ1) is 16.4. The van der Waals surface area contributed by atoms with Crippen molar-refractivity contribution in [3.8, 4) is 0 Å². The maximum absolute atomic E-state index is 12.6. The van der Waals surface area contributed by atoms with E-state index in [2.05, 4.69) is 21.2 Å².